The summed E-state index contributed by atoms with van der Waals surface area (Å²) in [5.41, 5.74) is 5.33. The van der Waals surface area contributed by atoms with Crippen LogP contribution in [0.25, 0.3) is 0 Å². The zero-order chi connectivity index (χ0) is 26.8. The first-order valence-corrected chi connectivity index (χ1v) is 13.9. The molecule has 2 amide bonds. The van der Waals surface area contributed by atoms with E-state index in [1.54, 1.807) is 28.8 Å². The Kier molecular flexibility index (Phi) is 10.8. The molecular formula is C31H37FN2O2S. The molecule has 3 aromatic carbocycles. The average molecular weight is 521 g/mol. The number of rotatable bonds is 12. The maximum atomic E-state index is 13.7. The number of hydrogen-bond donors (Lipinski definition) is 1. The summed E-state index contributed by atoms with van der Waals surface area (Å²) < 4.78 is 13.6. The lowest BCUT2D eigenvalue weighted by Crippen LogP contribution is -2.51. The quantitative estimate of drug-likeness (QED) is 0.315. The van der Waals surface area contributed by atoms with Gasteiger partial charge >= 0.3 is 0 Å². The molecule has 0 spiro atoms. The van der Waals surface area contributed by atoms with E-state index < -0.39 is 6.04 Å². The Morgan fingerprint density at radius 3 is 2.16 bits per heavy atom. The smallest absolute Gasteiger partial charge is 0.243 e. The molecule has 3 aromatic rings. The number of carbonyl (C=O) groups excluding carboxylic acids is 2. The molecule has 1 unspecified atom stereocenters. The van der Waals surface area contributed by atoms with Crippen molar-refractivity contribution in [3.8, 4) is 0 Å². The summed E-state index contributed by atoms with van der Waals surface area (Å²) in [5.74, 6) is 0.627. The Balaban J connectivity index is 1.84. The molecule has 4 nitrogen and oxygen atoms in total. The molecule has 37 heavy (non-hydrogen) atoms. The maximum Gasteiger partial charge on any atom is 0.243 e. The van der Waals surface area contributed by atoms with E-state index in [-0.39, 0.29) is 35.8 Å². The van der Waals surface area contributed by atoms with Crippen LogP contribution >= 0.6 is 11.8 Å². The summed E-state index contributed by atoms with van der Waals surface area (Å²) in [6.07, 6.45) is 0.402. The van der Waals surface area contributed by atoms with Gasteiger partial charge in [0.2, 0.25) is 11.8 Å². The molecule has 0 fully saturated rings. The second-order valence-electron chi connectivity index (χ2n) is 9.98. The van der Waals surface area contributed by atoms with Crippen LogP contribution in [0.4, 0.5) is 4.39 Å². The zero-order valence-corrected chi connectivity index (χ0v) is 23.0. The molecule has 0 saturated carbocycles. The SMILES string of the molecule is Cc1cc(C)cc(CSCC(=O)N(Cc2ccc(F)cc2)C(Cc2ccccc2)C(=O)NCC(C)C)c1. The summed E-state index contributed by atoms with van der Waals surface area (Å²) in [6.45, 7) is 8.98. The van der Waals surface area contributed by atoms with E-state index in [0.29, 0.717) is 18.7 Å². The fourth-order valence-corrected chi connectivity index (χ4v) is 5.10. The highest BCUT2D eigenvalue weighted by Gasteiger charge is 2.30. The third-order valence-electron chi connectivity index (χ3n) is 6.00. The number of thioether (sulfide) groups is 1. The predicted molar refractivity (Wildman–Crippen MR) is 151 cm³/mol. The van der Waals surface area contributed by atoms with Crippen LogP contribution in [0.1, 0.15) is 41.7 Å². The Labute approximate surface area is 224 Å². The number of hydrogen-bond acceptors (Lipinski definition) is 3. The van der Waals surface area contributed by atoms with Gasteiger partial charge in [-0.15, -0.1) is 11.8 Å². The lowest BCUT2D eigenvalue weighted by molar-refractivity contribution is -0.139. The molecule has 0 heterocycles. The van der Waals surface area contributed by atoms with Gasteiger partial charge in [-0.3, -0.25) is 9.59 Å². The summed E-state index contributed by atoms with van der Waals surface area (Å²) >= 11 is 1.54. The largest absolute Gasteiger partial charge is 0.354 e. The Morgan fingerprint density at radius 2 is 1.54 bits per heavy atom. The molecule has 0 bridgehead atoms. The molecule has 0 aliphatic carbocycles. The molecule has 1 atom stereocenters. The summed E-state index contributed by atoms with van der Waals surface area (Å²) in [5, 5.41) is 3.03. The number of benzene rings is 3. The first-order valence-electron chi connectivity index (χ1n) is 12.7. The lowest BCUT2D eigenvalue weighted by Gasteiger charge is -2.32. The molecular weight excluding hydrogens is 483 g/mol. The van der Waals surface area contributed by atoms with Gasteiger partial charge in [0.1, 0.15) is 11.9 Å². The maximum absolute atomic E-state index is 13.7. The Hall–Kier alpha value is -3.12. The number of carbonyl (C=O) groups is 2. The van der Waals surface area contributed by atoms with E-state index >= 15 is 0 Å². The van der Waals surface area contributed by atoms with Crippen LogP contribution in [-0.2, 0) is 28.3 Å². The summed E-state index contributed by atoms with van der Waals surface area (Å²) in [4.78, 5) is 28.8. The van der Waals surface area contributed by atoms with Crippen molar-refractivity contribution in [1.29, 1.82) is 0 Å². The van der Waals surface area contributed by atoms with Crippen molar-refractivity contribution < 1.29 is 14.0 Å². The van der Waals surface area contributed by atoms with Crippen molar-refractivity contribution in [2.24, 2.45) is 5.92 Å². The highest BCUT2D eigenvalue weighted by Crippen LogP contribution is 2.20. The fourth-order valence-electron chi connectivity index (χ4n) is 4.25. The highest BCUT2D eigenvalue weighted by molar-refractivity contribution is 7.99. The number of halogens is 1. The number of aryl methyl sites for hydroxylation is 2. The topological polar surface area (TPSA) is 49.4 Å². The molecule has 0 radical (unpaired) electrons. The summed E-state index contributed by atoms with van der Waals surface area (Å²) in [7, 11) is 0. The fraction of sp³-hybridized carbons (Fsp3) is 0.355. The van der Waals surface area contributed by atoms with Gasteiger partial charge < -0.3 is 10.2 Å². The van der Waals surface area contributed by atoms with Crippen molar-refractivity contribution in [2.75, 3.05) is 12.3 Å². The standard InChI is InChI=1S/C31H37FN2O2S/c1-22(2)18-33-31(36)29(17-25-8-6-5-7-9-25)34(19-26-10-12-28(32)13-11-26)30(35)21-37-20-27-15-23(3)14-24(4)16-27/h5-16,22,29H,17-21H2,1-4H3,(H,33,36). The molecule has 0 aliphatic heterocycles. The minimum Gasteiger partial charge on any atom is -0.354 e. The van der Waals surface area contributed by atoms with E-state index in [0.717, 1.165) is 11.1 Å². The minimum atomic E-state index is -0.680. The normalized spacial score (nSPS) is 11.8. The van der Waals surface area contributed by atoms with Crippen LogP contribution < -0.4 is 5.32 Å². The number of nitrogens with zero attached hydrogens (tertiary/aromatic N) is 1. The Morgan fingerprint density at radius 1 is 0.892 bits per heavy atom. The molecule has 6 heteroatoms. The van der Waals surface area contributed by atoms with Crippen molar-refractivity contribution in [1.82, 2.24) is 10.2 Å². The molecule has 3 rings (SSSR count). The van der Waals surface area contributed by atoms with Crippen molar-refractivity contribution in [3.63, 3.8) is 0 Å². The van der Waals surface area contributed by atoms with Crippen LogP contribution in [0.15, 0.2) is 72.8 Å². The summed E-state index contributed by atoms with van der Waals surface area (Å²) in [6, 6.07) is 21.6. The third kappa shape index (κ3) is 9.36. The monoisotopic (exact) mass is 520 g/mol. The number of amides is 2. The minimum absolute atomic E-state index is 0.112. The molecule has 0 saturated heterocycles. The van der Waals surface area contributed by atoms with E-state index in [1.807, 2.05) is 44.2 Å². The van der Waals surface area contributed by atoms with Crippen molar-refractivity contribution in [2.45, 2.75) is 52.5 Å². The van der Waals surface area contributed by atoms with Crippen LogP contribution in [0, 0.1) is 25.6 Å². The highest BCUT2D eigenvalue weighted by atomic mass is 32.2. The van der Waals surface area contributed by atoms with Crippen LogP contribution in [0.5, 0.6) is 0 Å². The van der Waals surface area contributed by atoms with Crippen LogP contribution in [-0.4, -0.2) is 35.1 Å². The molecule has 196 valence electrons. The third-order valence-corrected chi connectivity index (χ3v) is 6.99. The van der Waals surface area contributed by atoms with Gasteiger partial charge in [0.15, 0.2) is 0 Å². The zero-order valence-electron chi connectivity index (χ0n) is 22.2. The van der Waals surface area contributed by atoms with Gasteiger partial charge in [-0.2, -0.15) is 0 Å². The van der Waals surface area contributed by atoms with Crippen LogP contribution in [0.3, 0.4) is 0 Å². The molecule has 0 aliphatic rings. The second-order valence-corrected chi connectivity index (χ2v) is 11.0. The van der Waals surface area contributed by atoms with E-state index in [1.165, 1.54) is 28.8 Å². The number of nitrogens with one attached hydrogen (secondary N) is 1. The van der Waals surface area contributed by atoms with Crippen molar-refractivity contribution >= 4 is 23.6 Å². The van der Waals surface area contributed by atoms with Gasteiger partial charge in [0.05, 0.1) is 5.75 Å². The molecule has 1 N–H and O–H groups in total. The van der Waals surface area contributed by atoms with E-state index in [2.05, 4.69) is 37.4 Å². The van der Waals surface area contributed by atoms with Crippen molar-refractivity contribution in [3.05, 3.63) is 106 Å². The molecule has 0 aromatic heterocycles. The van der Waals surface area contributed by atoms with Crippen LogP contribution in [0.2, 0.25) is 0 Å². The van der Waals surface area contributed by atoms with Gasteiger partial charge in [-0.05, 0) is 48.6 Å². The van der Waals surface area contributed by atoms with Gasteiger partial charge in [-0.1, -0.05) is 85.6 Å². The van der Waals surface area contributed by atoms with Gasteiger partial charge in [0, 0.05) is 25.3 Å². The first-order chi connectivity index (χ1) is 17.7. The van der Waals surface area contributed by atoms with E-state index in [9.17, 15) is 14.0 Å². The Bertz CT molecular complexity index is 1150. The average Bonchev–Trinajstić information content (AvgIpc) is 2.85. The van der Waals surface area contributed by atoms with Gasteiger partial charge in [-0.25, -0.2) is 4.39 Å². The van der Waals surface area contributed by atoms with Gasteiger partial charge in [0.25, 0.3) is 0 Å². The van der Waals surface area contributed by atoms with E-state index in [4.69, 9.17) is 0 Å². The predicted octanol–water partition coefficient (Wildman–Crippen LogP) is 6.09. The lowest BCUT2D eigenvalue weighted by atomic mass is 10.0. The first kappa shape index (κ1) is 28.5. The second kappa shape index (κ2) is 14.0.